The van der Waals surface area contributed by atoms with Gasteiger partial charge < -0.3 is 4.74 Å². The van der Waals surface area contributed by atoms with Gasteiger partial charge in [-0.3, -0.25) is 0 Å². The second-order valence-electron chi connectivity index (χ2n) is 9.21. The molecule has 3 heterocycles. The van der Waals surface area contributed by atoms with Crippen molar-refractivity contribution in [2.45, 2.75) is 26.1 Å². The van der Waals surface area contributed by atoms with Crippen LogP contribution in [0, 0.1) is 13.8 Å². The molecule has 7 rings (SSSR count). The highest BCUT2D eigenvalue weighted by atomic mass is 16.5. The number of aryl methyl sites for hydroxylation is 2. The van der Waals surface area contributed by atoms with Crippen LogP contribution in [-0.2, 0) is 4.74 Å². The molecular weight excluding hydrogens is 402 g/mol. The van der Waals surface area contributed by atoms with E-state index >= 15 is 0 Å². The van der Waals surface area contributed by atoms with Crippen molar-refractivity contribution in [1.29, 1.82) is 0 Å². The molecule has 5 aromatic rings. The molecule has 2 aliphatic rings. The first-order chi connectivity index (χ1) is 16.2. The third-order valence-electron chi connectivity index (χ3n) is 7.28. The van der Waals surface area contributed by atoms with Crippen LogP contribution in [0.1, 0.15) is 45.6 Å². The summed E-state index contributed by atoms with van der Waals surface area (Å²) < 4.78 is 6.63. The SMILES string of the molecule is Cc1cc2nc(-c3cccc(-c4ccccc4)c3)c3c(c2cc1C)C1OC3c2ccccc21. The first-order valence-corrected chi connectivity index (χ1v) is 11.5. The van der Waals surface area contributed by atoms with E-state index in [0.29, 0.717) is 0 Å². The zero-order chi connectivity index (χ0) is 22.1. The summed E-state index contributed by atoms with van der Waals surface area (Å²) >= 11 is 0. The summed E-state index contributed by atoms with van der Waals surface area (Å²) in [7, 11) is 0. The third-order valence-corrected chi connectivity index (χ3v) is 7.28. The molecule has 0 fully saturated rings. The van der Waals surface area contributed by atoms with Gasteiger partial charge in [0.05, 0.1) is 11.2 Å². The number of fused-ring (bicyclic) bond motifs is 10. The quantitative estimate of drug-likeness (QED) is 0.289. The van der Waals surface area contributed by atoms with Crippen LogP contribution in [0.2, 0.25) is 0 Å². The molecule has 158 valence electrons. The van der Waals surface area contributed by atoms with Gasteiger partial charge in [0.2, 0.25) is 0 Å². The molecule has 0 radical (unpaired) electrons. The minimum absolute atomic E-state index is 0.0233. The third kappa shape index (κ3) is 2.68. The van der Waals surface area contributed by atoms with E-state index < -0.39 is 0 Å². The van der Waals surface area contributed by atoms with E-state index in [1.165, 1.54) is 49.9 Å². The number of pyridine rings is 1. The lowest BCUT2D eigenvalue weighted by atomic mass is 9.81. The Hall–Kier alpha value is -3.75. The van der Waals surface area contributed by atoms with Crippen molar-refractivity contribution in [2.75, 3.05) is 0 Å². The summed E-state index contributed by atoms with van der Waals surface area (Å²) in [5.41, 5.74) is 13.3. The molecule has 0 N–H and O–H groups in total. The highest BCUT2D eigenvalue weighted by molar-refractivity contribution is 5.92. The van der Waals surface area contributed by atoms with Crippen molar-refractivity contribution in [1.82, 2.24) is 4.98 Å². The number of benzene rings is 4. The van der Waals surface area contributed by atoms with Gasteiger partial charge in [-0.05, 0) is 65.4 Å². The van der Waals surface area contributed by atoms with Gasteiger partial charge in [-0.1, -0.05) is 72.8 Å². The monoisotopic (exact) mass is 425 g/mol. The van der Waals surface area contributed by atoms with Crippen LogP contribution < -0.4 is 0 Å². The minimum atomic E-state index is -0.0601. The van der Waals surface area contributed by atoms with Crippen LogP contribution in [0.25, 0.3) is 33.3 Å². The Kier molecular flexibility index (Phi) is 3.91. The second-order valence-corrected chi connectivity index (χ2v) is 9.21. The highest BCUT2D eigenvalue weighted by Crippen LogP contribution is 2.58. The molecular formula is C31H23NO. The van der Waals surface area contributed by atoms with Crippen LogP contribution in [0.3, 0.4) is 0 Å². The number of ether oxygens (including phenoxy) is 1. The topological polar surface area (TPSA) is 22.1 Å². The lowest BCUT2D eigenvalue weighted by Crippen LogP contribution is -2.08. The molecule has 0 aliphatic carbocycles. The molecule has 2 bridgehead atoms. The molecule has 2 unspecified atom stereocenters. The molecule has 0 saturated carbocycles. The average molecular weight is 426 g/mol. The number of nitrogens with zero attached hydrogens (tertiary/aromatic N) is 1. The molecule has 33 heavy (non-hydrogen) atoms. The summed E-state index contributed by atoms with van der Waals surface area (Å²) in [5.74, 6) is 0. The van der Waals surface area contributed by atoms with Crippen molar-refractivity contribution < 1.29 is 4.74 Å². The highest BCUT2D eigenvalue weighted by Gasteiger charge is 2.45. The van der Waals surface area contributed by atoms with Gasteiger partial charge >= 0.3 is 0 Å². The van der Waals surface area contributed by atoms with Crippen LogP contribution >= 0.6 is 0 Å². The number of rotatable bonds is 2. The number of aromatic nitrogens is 1. The normalized spacial score (nSPS) is 17.9. The lowest BCUT2D eigenvalue weighted by molar-refractivity contribution is 0.0863. The fourth-order valence-electron chi connectivity index (χ4n) is 5.53. The van der Waals surface area contributed by atoms with E-state index in [1.54, 1.807) is 0 Å². The van der Waals surface area contributed by atoms with E-state index in [2.05, 4.69) is 105 Å². The Morgan fingerprint density at radius 3 is 2.03 bits per heavy atom. The van der Waals surface area contributed by atoms with E-state index in [1.807, 2.05) is 0 Å². The molecule has 2 heteroatoms. The molecule has 4 aromatic carbocycles. The summed E-state index contributed by atoms with van der Waals surface area (Å²) in [4.78, 5) is 5.27. The zero-order valence-corrected chi connectivity index (χ0v) is 18.7. The molecule has 2 aliphatic heterocycles. The van der Waals surface area contributed by atoms with E-state index in [4.69, 9.17) is 9.72 Å². The van der Waals surface area contributed by atoms with Gasteiger partial charge in [0.25, 0.3) is 0 Å². The van der Waals surface area contributed by atoms with Crippen molar-refractivity contribution in [2.24, 2.45) is 0 Å². The van der Waals surface area contributed by atoms with E-state index in [9.17, 15) is 0 Å². The van der Waals surface area contributed by atoms with Crippen molar-refractivity contribution in [3.8, 4) is 22.4 Å². The summed E-state index contributed by atoms with van der Waals surface area (Å²) in [6.07, 6.45) is -0.0834. The van der Waals surface area contributed by atoms with Gasteiger partial charge in [-0.15, -0.1) is 0 Å². The first kappa shape index (κ1) is 18.8. The Balaban J connectivity index is 1.52. The Labute approximate surface area is 193 Å². The summed E-state index contributed by atoms with van der Waals surface area (Å²) in [5, 5.41) is 1.22. The van der Waals surface area contributed by atoms with Gasteiger partial charge in [0, 0.05) is 22.1 Å². The standard InChI is InChI=1S/C31H23NO/c1-18-15-25-26(16-19(18)2)32-29(22-12-8-11-21(17-22)20-9-4-3-5-10-20)28-27(25)30-23-13-6-7-14-24(23)31(28)33-30/h3-17,30-31H,1-2H3. The van der Waals surface area contributed by atoms with Gasteiger partial charge in [-0.25, -0.2) is 4.98 Å². The average Bonchev–Trinajstić information content (AvgIpc) is 3.43. The Morgan fingerprint density at radius 1 is 0.606 bits per heavy atom. The smallest absolute Gasteiger partial charge is 0.112 e. The van der Waals surface area contributed by atoms with Crippen molar-refractivity contribution >= 4 is 10.9 Å². The molecule has 1 aromatic heterocycles. The predicted octanol–water partition coefficient (Wildman–Crippen LogP) is 7.71. The van der Waals surface area contributed by atoms with E-state index in [-0.39, 0.29) is 12.2 Å². The van der Waals surface area contributed by atoms with Crippen molar-refractivity contribution in [3.05, 3.63) is 124 Å². The van der Waals surface area contributed by atoms with Crippen LogP contribution in [0.4, 0.5) is 0 Å². The number of hydrogen-bond acceptors (Lipinski definition) is 2. The summed E-state index contributed by atoms with van der Waals surface area (Å²) in [6.45, 7) is 4.34. The van der Waals surface area contributed by atoms with Crippen molar-refractivity contribution in [3.63, 3.8) is 0 Å². The summed E-state index contributed by atoms with van der Waals surface area (Å²) in [6, 6.07) is 32.5. The molecule has 0 amide bonds. The maximum absolute atomic E-state index is 6.63. The van der Waals surface area contributed by atoms with Gasteiger partial charge in [0.1, 0.15) is 12.2 Å². The van der Waals surface area contributed by atoms with Crippen LogP contribution in [0.15, 0.2) is 91.0 Å². The van der Waals surface area contributed by atoms with Gasteiger partial charge in [0.15, 0.2) is 0 Å². The maximum Gasteiger partial charge on any atom is 0.112 e. The van der Waals surface area contributed by atoms with Crippen LogP contribution in [0.5, 0.6) is 0 Å². The van der Waals surface area contributed by atoms with Gasteiger partial charge in [-0.2, -0.15) is 0 Å². The second kappa shape index (κ2) is 6.87. The lowest BCUT2D eigenvalue weighted by Gasteiger charge is -2.21. The Bertz CT molecular complexity index is 1570. The largest absolute Gasteiger partial charge is 0.356 e. The first-order valence-electron chi connectivity index (χ1n) is 11.5. The predicted molar refractivity (Wildman–Crippen MR) is 133 cm³/mol. The molecule has 2 nitrogen and oxygen atoms in total. The maximum atomic E-state index is 6.63. The fraction of sp³-hybridized carbons (Fsp3) is 0.129. The Morgan fingerprint density at radius 2 is 1.24 bits per heavy atom. The fourth-order valence-corrected chi connectivity index (χ4v) is 5.53. The minimum Gasteiger partial charge on any atom is -0.356 e. The van der Waals surface area contributed by atoms with E-state index in [0.717, 1.165) is 16.8 Å². The number of hydrogen-bond donors (Lipinski definition) is 0. The zero-order valence-electron chi connectivity index (χ0n) is 18.7. The molecule has 0 saturated heterocycles. The molecule has 2 atom stereocenters. The van der Waals surface area contributed by atoms with Crippen LogP contribution in [-0.4, -0.2) is 4.98 Å². The molecule has 0 spiro atoms.